The van der Waals surface area contributed by atoms with Crippen molar-refractivity contribution in [2.45, 2.75) is 13.8 Å². The number of rotatable bonds is 0. The number of nitriles is 2. The molecular formula is C14H20N4O2S. The smallest absolute Gasteiger partial charge is 0.243 e. The zero-order chi connectivity index (χ0) is 16.0. The SMILES string of the molecule is CC1(C)C(C#N)=C(S)NC(=O)C1C#N.CN1CCOCC1. The molecular weight excluding hydrogens is 288 g/mol. The Balaban J connectivity index is 0.000000262. The molecule has 0 aromatic heterocycles. The molecule has 1 saturated heterocycles. The third-order valence-electron chi connectivity index (χ3n) is 3.58. The lowest BCUT2D eigenvalue weighted by atomic mass is 9.72. The number of ether oxygens (including phenoxy) is 1. The molecule has 2 heterocycles. The van der Waals surface area contributed by atoms with E-state index in [-0.39, 0.29) is 5.03 Å². The van der Waals surface area contributed by atoms with Crippen LogP contribution in [0.1, 0.15) is 13.8 Å². The van der Waals surface area contributed by atoms with Crippen molar-refractivity contribution in [2.75, 3.05) is 33.4 Å². The fraction of sp³-hybridized carbons (Fsp3) is 0.643. The van der Waals surface area contributed by atoms with Crippen molar-refractivity contribution < 1.29 is 9.53 Å². The zero-order valence-corrected chi connectivity index (χ0v) is 13.4. The number of hydrogen-bond acceptors (Lipinski definition) is 6. The highest BCUT2D eigenvalue weighted by Gasteiger charge is 2.43. The molecule has 1 atom stereocenters. The fourth-order valence-corrected chi connectivity index (χ4v) is 2.55. The van der Waals surface area contributed by atoms with Crippen LogP contribution in [0, 0.1) is 34.0 Å². The molecule has 2 aliphatic heterocycles. The molecule has 1 unspecified atom stereocenters. The van der Waals surface area contributed by atoms with Gasteiger partial charge in [0.1, 0.15) is 5.92 Å². The molecule has 0 spiro atoms. The molecule has 21 heavy (non-hydrogen) atoms. The van der Waals surface area contributed by atoms with Crippen molar-refractivity contribution in [3.05, 3.63) is 10.6 Å². The molecule has 1 amide bonds. The Bertz CT molecular complexity index is 510. The van der Waals surface area contributed by atoms with Gasteiger partial charge in [-0.15, -0.1) is 12.6 Å². The minimum absolute atomic E-state index is 0.244. The van der Waals surface area contributed by atoms with E-state index in [4.69, 9.17) is 15.3 Å². The topological polar surface area (TPSA) is 89.2 Å². The van der Waals surface area contributed by atoms with Gasteiger partial charge in [0, 0.05) is 18.5 Å². The van der Waals surface area contributed by atoms with Crippen LogP contribution in [0.5, 0.6) is 0 Å². The second-order valence-corrected chi connectivity index (χ2v) is 5.97. The molecule has 6 nitrogen and oxygen atoms in total. The maximum atomic E-state index is 11.4. The average Bonchev–Trinajstić information content (AvgIpc) is 2.39. The summed E-state index contributed by atoms with van der Waals surface area (Å²) >= 11 is 4.00. The number of nitrogens with zero attached hydrogens (tertiary/aromatic N) is 3. The normalized spacial score (nSPS) is 25.0. The van der Waals surface area contributed by atoms with Crippen LogP contribution in [0.25, 0.3) is 0 Å². The number of allylic oxidation sites excluding steroid dienone is 1. The van der Waals surface area contributed by atoms with Crippen molar-refractivity contribution in [3.63, 3.8) is 0 Å². The first-order valence-corrected chi connectivity index (χ1v) is 7.10. The first-order valence-electron chi connectivity index (χ1n) is 6.65. The molecule has 2 aliphatic rings. The molecule has 0 aromatic carbocycles. The molecule has 1 fully saturated rings. The van der Waals surface area contributed by atoms with Crippen LogP contribution in [-0.2, 0) is 9.53 Å². The third-order valence-corrected chi connectivity index (χ3v) is 3.92. The summed E-state index contributed by atoms with van der Waals surface area (Å²) in [6.45, 7) is 7.40. The molecule has 0 aliphatic carbocycles. The van der Waals surface area contributed by atoms with Gasteiger partial charge in [-0.2, -0.15) is 10.5 Å². The van der Waals surface area contributed by atoms with Gasteiger partial charge in [0.2, 0.25) is 5.91 Å². The Kier molecular flexibility index (Phi) is 6.22. The Morgan fingerprint density at radius 1 is 1.38 bits per heavy atom. The second-order valence-electron chi connectivity index (χ2n) is 5.52. The summed E-state index contributed by atoms with van der Waals surface area (Å²) in [6, 6.07) is 3.86. The van der Waals surface area contributed by atoms with E-state index in [1.54, 1.807) is 13.8 Å². The summed E-state index contributed by atoms with van der Waals surface area (Å²) in [7, 11) is 2.11. The lowest BCUT2D eigenvalue weighted by Gasteiger charge is -2.33. The summed E-state index contributed by atoms with van der Waals surface area (Å²) in [5, 5.41) is 20.3. The maximum Gasteiger partial charge on any atom is 0.243 e. The monoisotopic (exact) mass is 308 g/mol. The summed E-state index contributed by atoms with van der Waals surface area (Å²) in [5.41, 5.74) is -0.435. The van der Waals surface area contributed by atoms with Crippen LogP contribution in [0.15, 0.2) is 10.6 Å². The van der Waals surface area contributed by atoms with E-state index in [2.05, 4.69) is 29.9 Å². The van der Waals surface area contributed by atoms with E-state index < -0.39 is 17.2 Å². The van der Waals surface area contributed by atoms with Gasteiger partial charge in [0.15, 0.2) is 0 Å². The maximum absolute atomic E-state index is 11.4. The van der Waals surface area contributed by atoms with Crippen LogP contribution in [-0.4, -0.2) is 44.2 Å². The number of amides is 1. The number of carbonyl (C=O) groups is 1. The number of thiol groups is 1. The molecule has 114 valence electrons. The first-order chi connectivity index (χ1) is 9.84. The average molecular weight is 308 g/mol. The van der Waals surface area contributed by atoms with Gasteiger partial charge >= 0.3 is 0 Å². The van der Waals surface area contributed by atoms with Crippen molar-refractivity contribution in [1.82, 2.24) is 10.2 Å². The standard InChI is InChI=1S/C9H9N3OS.C5H11NO/c1-9(2)5(3-10)7(13)12-8(14)6(9)4-11;1-6-2-4-7-5-3-6/h5,14H,1-2H3,(H,12,13);2-5H2,1H3. The predicted octanol–water partition coefficient (Wildman–Crippen LogP) is 0.896. The van der Waals surface area contributed by atoms with Crippen LogP contribution in [0.4, 0.5) is 0 Å². The highest BCUT2D eigenvalue weighted by molar-refractivity contribution is 7.84. The van der Waals surface area contributed by atoms with Crippen molar-refractivity contribution >= 4 is 18.5 Å². The summed E-state index contributed by atoms with van der Waals surface area (Å²) in [5.74, 6) is -1.24. The van der Waals surface area contributed by atoms with Crippen LogP contribution < -0.4 is 5.32 Å². The van der Waals surface area contributed by atoms with E-state index in [0.717, 1.165) is 26.3 Å². The van der Waals surface area contributed by atoms with Crippen molar-refractivity contribution in [3.8, 4) is 12.1 Å². The first kappa shape index (κ1) is 17.5. The number of nitrogens with one attached hydrogen (secondary N) is 1. The van der Waals surface area contributed by atoms with Crippen LogP contribution in [0.3, 0.4) is 0 Å². The molecule has 0 bridgehead atoms. The molecule has 0 saturated carbocycles. The number of carbonyl (C=O) groups excluding carboxylic acids is 1. The van der Waals surface area contributed by atoms with Gasteiger partial charge in [-0.25, -0.2) is 0 Å². The van der Waals surface area contributed by atoms with E-state index in [9.17, 15) is 4.79 Å². The van der Waals surface area contributed by atoms with Gasteiger partial charge in [-0.05, 0) is 7.05 Å². The quantitative estimate of drug-likeness (QED) is 0.649. The third kappa shape index (κ3) is 4.21. The van der Waals surface area contributed by atoms with Gasteiger partial charge in [0.25, 0.3) is 0 Å². The molecule has 0 radical (unpaired) electrons. The zero-order valence-electron chi connectivity index (χ0n) is 12.5. The van der Waals surface area contributed by atoms with Gasteiger partial charge in [-0.1, -0.05) is 13.8 Å². The minimum Gasteiger partial charge on any atom is -0.379 e. The largest absolute Gasteiger partial charge is 0.379 e. The van der Waals surface area contributed by atoms with Gasteiger partial charge in [-0.3, -0.25) is 4.79 Å². The predicted molar refractivity (Wildman–Crippen MR) is 81.0 cm³/mol. The lowest BCUT2D eigenvalue weighted by Crippen LogP contribution is -2.44. The van der Waals surface area contributed by atoms with E-state index in [0.29, 0.717) is 5.57 Å². The fourth-order valence-electron chi connectivity index (χ4n) is 2.10. The highest BCUT2D eigenvalue weighted by atomic mass is 32.1. The Hall–Kier alpha value is -1.54. The van der Waals surface area contributed by atoms with Crippen molar-refractivity contribution in [1.29, 1.82) is 10.5 Å². The van der Waals surface area contributed by atoms with Gasteiger partial charge < -0.3 is 15.0 Å². The Morgan fingerprint density at radius 2 is 1.95 bits per heavy atom. The second kappa shape index (κ2) is 7.46. The molecule has 2 rings (SSSR count). The molecule has 0 aromatic rings. The lowest BCUT2D eigenvalue weighted by molar-refractivity contribution is -0.125. The minimum atomic E-state index is -0.840. The summed E-state index contributed by atoms with van der Waals surface area (Å²) in [6.07, 6.45) is 0. The van der Waals surface area contributed by atoms with E-state index in [1.807, 2.05) is 12.1 Å². The van der Waals surface area contributed by atoms with E-state index in [1.165, 1.54) is 0 Å². The van der Waals surface area contributed by atoms with E-state index >= 15 is 0 Å². The highest BCUT2D eigenvalue weighted by Crippen LogP contribution is 2.39. The van der Waals surface area contributed by atoms with Crippen LogP contribution >= 0.6 is 12.6 Å². The van der Waals surface area contributed by atoms with Crippen LogP contribution in [0.2, 0.25) is 0 Å². The molecule has 7 heteroatoms. The number of morpholine rings is 1. The van der Waals surface area contributed by atoms with Crippen molar-refractivity contribution in [2.24, 2.45) is 11.3 Å². The van der Waals surface area contributed by atoms with Gasteiger partial charge in [0.05, 0.1) is 36.0 Å². The summed E-state index contributed by atoms with van der Waals surface area (Å²) in [4.78, 5) is 13.7. The number of likely N-dealkylation sites (N-methyl/N-ethyl adjacent to an activating group) is 1. The molecule has 1 N–H and O–H groups in total. The Morgan fingerprint density at radius 3 is 2.33 bits per heavy atom. The summed E-state index contributed by atoms with van der Waals surface area (Å²) < 4.78 is 5.10. The number of hydrogen-bond donors (Lipinski definition) is 2. The Labute approximate surface area is 130 Å².